The van der Waals surface area contributed by atoms with Gasteiger partial charge in [0.15, 0.2) is 0 Å². The topological polar surface area (TPSA) is 67.2 Å². The predicted octanol–water partition coefficient (Wildman–Crippen LogP) is 2.13. The van der Waals surface area contributed by atoms with E-state index in [9.17, 15) is 9.90 Å². The van der Waals surface area contributed by atoms with Crippen LogP contribution in [0.4, 0.5) is 0 Å². The van der Waals surface area contributed by atoms with Crippen molar-refractivity contribution >= 4 is 5.91 Å². The van der Waals surface area contributed by atoms with Gasteiger partial charge in [-0.2, -0.15) is 5.10 Å². The summed E-state index contributed by atoms with van der Waals surface area (Å²) in [5, 5.41) is 17.4. The number of aliphatic hydroxyl groups excluding tert-OH is 1. The smallest absolute Gasteiger partial charge is 0.223 e. The van der Waals surface area contributed by atoms with Crippen molar-refractivity contribution in [3.05, 3.63) is 17.0 Å². The third-order valence-electron chi connectivity index (χ3n) is 4.70. The summed E-state index contributed by atoms with van der Waals surface area (Å²) in [6.07, 6.45) is 2.07. The fraction of sp³-hybridized carbons (Fsp3) is 0.765. The number of rotatable bonds is 8. The fourth-order valence-electron chi connectivity index (χ4n) is 2.89. The van der Waals surface area contributed by atoms with Gasteiger partial charge in [-0.1, -0.05) is 33.6 Å². The number of aliphatic hydroxyl groups is 1. The van der Waals surface area contributed by atoms with Crippen LogP contribution in [0.15, 0.2) is 0 Å². The van der Waals surface area contributed by atoms with Gasteiger partial charge in [-0.05, 0) is 31.7 Å². The first-order valence-electron chi connectivity index (χ1n) is 8.26. The van der Waals surface area contributed by atoms with Crippen LogP contribution in [0.5, 0.6) is 0 Å². The van der Waals surface area contributed by atoms with Crippen LogP contribution in [0.2, 0.25) is 0 Å². The van der Waals surface area contributed by atoms with Gasteiger partial charge in [0.2, 0.25) is 5.91 Å². The standard InChI is InChI=1S/C17H31N3O2/c1-7-14(8-2)16(21)10-18-17(22)11(3)9-15-12(4)19-20(6)13(15)5/h11,14,16,21H,7-10H2,1-6H3,(H,18,22). The molecule has 1 amide bonds. The van der Waals surface area contributed by atoms with Gasteiger partial charge < -0.3 is 10.4 Å². The molecule has 2 N–H and O–H groups in total. The van der Waals surface area contributed by atoms with E-state index in [-0.39, 0.29) is 17.7 Å². The molecule has 5 heteroatoms. The number of nitrogens with one attached hydrogen (secondary N) is 1. The molecule has 2 atom stereocenters. The quantitative estimate of drug-likeness (QED) is 0.773. The lowest BCUT2D eigenvalue weighted by Gasteiger charge is -2.21. The van der Waals surface area contributed by atoms with E-state index in [1.54, 1.807) is 0 Å². The van der Waals surface area contributed by atoms with Crippen LogP contribution < -0.4 is 5.32 Å². The van der Waals surface area contributed by atoms with E-state index in [4.69, 9.17) is 0 Å². The van der Waals surface area contributed by atoms with E-state index in [0.29, 0.717) is 13.0 Å². The first-order valence-corrected chi connectivity index (χ1v) is 8.26. The lowest BCUT2D eigenvalue weighted by Crippen LogP contribution is -2.39. The summed E-state index contributed by atoms with van der Waals surface area (Å²) in [6.45, 7) is 10.4. The SMILES string of the molecule is CCC(CC)C(O)CNC(=O)C(C)Cc1c(C)nn(C)c1C. The fourth-order valence-corrected chi connectivity index (χ4v) is 2.89. The molecular formula is C17H31N3O2. The molecule has 1 aromatic heterocycles. The summed E-state index contributed by atoms with van der Waals surface area (Å²) >= 11 is 0. The van der Waals surface area contributed by atoms with Crippen LogP contribution in [0.25, 0.3) is 0 Å². The van der Waals surface area contributed by atoms with E-state index in [2.05, 4.69) is 24.3 Å². The average Bonchev–Trinajstić information content (AvgIpc) is 2.72. The van der Waals surface area contributed by atoms with Crippen molar-refractivity contribution in [3.63, 3.8) is 0 Å². The Morgan fingerprint density at radius 2 is 1.91 bits per heavy atom. The van der Waals surface area contributed by atoms with Crippen molar-refractivity contribution < 1.29 is 9.90 Å². The Hall–Kier alpha value is -1.36. The highest BCUT2D eigenvalue weighted by Gasteiger charge is 2.21. The summed E-state index contributed by atoms with van der Waals surface area (Å²) in [5.41, 5.74) is 3.23. The second-order valence-corrected chi connectivity index (χ2v) is 6.27. The van der Waals surface area contributed by atoms with Gasteiger partial charge in [-0.15, -0.1) is 0 Å². The maximum absolute atomic E-state index is 12.2. The van der Waals surface area contributed by atoms with Crippen LogP contribution in [-0.4, -0.2) is 33.4 Å². The molecule has 0 aliphatic heterocycles. The van der Waals surface area contributed by atoms with E-state index < -0.39 is 6.10 Å². The van der Waals surface area contributed by atoms with Gasteiger partial charge in [0.25, 0.3) is 0 Å². The van der Waals surface area contributed by atoms with Crippen LogP contribution in [0, 0.1) is 25.7 Å². The third kappa shape index (κ3) is 4.57. The van der Waals surface area contributed by atoms with E-state index >= 15 is 0 Å². The van der Waals surface area contributed by atoms with Crippen LogP contribution in [-0.2, 0) is 18.3 Å². The number of amides is 1. The summed E-state index contributed by atoms with van der Waals surface area (Å²) < 4.78 is 1.85. The van der Waals surface area contributed by atoms with Crippen molar-refractivity contribution in [1.29, 1.82) is 0 Å². The van der Waals surface area contributed by atoms with Gasteiger partial charge in [-0.25, -0.2) is 0 Å². The van der Waals surface area contributed by atoms with E-state index in [1.165, 1.54) is 0 Å². The highest BCUT2D eigenvalue weighted by Crippen LogP contribution is 2.17. The normalized spacial score (nSPS) is 14.2. The van der Waals surface area contributed by atoms with Crippen LogP contribution in [0.3, 0.4) is 0 Å². The minimum atomic E-state index is -0.465. The van der Waals surface area contributed by atoms with E-state index in [1.807, 2.05) is 32.5 Å². The molecule has 22 heavy (non-hydrogen) atoms. The first kappa shape index (κ1) is 18.7. The Labute approximate surface area is 134 Å². The summed E-state index contributed by atoms with van der Waals surface area (Å²) in [6, 6.07) is 0. The minimum absolute atomic E-state index is 0.00680. The molecule has 5 nitrogen and oxygen atoms in total. The number of carbonyl (C=O) groups excluding carboxylic acids is 1. The number of aryl methyl sites for hydroxylation is 2. The van der Waals surface area contributed by atoms with Crippen LogP contribution >= 0.6 is 0 Å². The highest BCUT2D eigenvalue weighted by atomic mass is 16.3. The zero-order chi connectivity index (χ0) is 16.9. The van der Waals surface area contributed by atoms with Gasteiger partial charge >= 0.3 is 0 Å². The largest absolute Gasteiger partial charge is 0.391 e. The molecule has 0 aromatic carbocycles. The number of nitrogens with zero attached hydrogens (tertiary/aromatic N) is 2. The molecule has 1 aromatic rings. The second kappa shape index (κ2) is 8.32. The zero-order valence-electron chi connectivity index (χ0n) is 14.8. The van der Waals surface area contributed by atoms with Gasteiger partial charge in [0.1, 0.15) is 0 Å². The molecular weight excluding hydrogens is 278 g/mol. The zero-order valence-corrected chi connectivity index (χ0v) is 14.8. The van der Waals surface area contributed by atoms with Gasteiger partial charge in [0.05, 0.1) is 11.8 Å². The maximum atomic E-state index is 12.2. The van der Waals surface area contributed by atoms with E-state index in [0.717, 1.165) is 29.8 Å². The van der Waals surface area contributed by atoms with Gasteiger partial charge in [-0.3, -0.25) is 9.48 Å². The molecule has 126 valence electrons. The molecule has 0 spiro atoms. The number of hydrogen-bond acceptors (Lipinski definition) is 3. The van der Waals surface area contributed by atoms with Crippen molar-refractivity contribution in [3.8, 4) is 0 Å². The Bertz CT molecular complexity index is 492. The molecule has 0 fully saturated rings. The Kier molecular flexibility index (Phi) is 7.07. The van der Waals surface area contributed by atoms with Crippen molar-refractivity contribution in [2.24, 2.45) is 18.9 Å². The average molecular weight is 309 g/mol. The second-order valence-electron chi connectivity index (χ2n) is 6.27. The molecule has 1 rings (SSSR count). The van der Waals surface area contributed by atoms with Crippen molar-refractivity contribution in [1.82, 2.24) is 15.1 Å². The number of aromatic nitrogens is 2. The van der Waals surface area contributed by atoms with Gasteiger partial charge in [0, 0.05) is 25.2 Å². The Morgan fingerprint density at radius 3 is 2.36 bits per heavy atom. The lowest BCUT2D eigenvalue weighted by molar-refractivity contribution is -0.125. The monoisotopic (exact) mass is 309 g/mol. The molecule has 0 saturated heterocycles. The Morgan fingerprint density at radius 1 is 1.32 bits per heavy atom. The molecule has 1 heterocycles. The molecule has 0 aliphatic carbocycles. The van der Waals surface area contributed by atoms with Crippen molar-refractivity contribution in [2.75, 3.05) is 6.54 Å². The minimum Gasteiger partial charge on any atom is -0.391 e. The third-order valence-corrected chi connectivity index (χ3v) is 4.70. The molecule has 0 bridgehead atoms. The summed E-state index contributed by atoms with van der Waals surface area (Å²) in [5.74, 6) is 0.113. The maximum Gasteiger partial charge on any atom is 0.223 e. The van der Waals surface area contributed by atoms with Crippen LogP contribution in [0.1, 0.15) is 50.6 Å². The Balaban J connectivity index is 2.55. The highest BCUT2D eigenvalue weighted by molar-refractivity contribution is 5.78. The number of carbonyl (C=O) groups is 1. The molecule has 0 aliphatic rings. The summed E-state index contributed by atoms with van der Waals surface area (Å²) in [7, 11) is 1.92. The predicted molar refractivity (Wildman–Crippen MR) is 88.6 cm³/mol. The summed E-state index contributed by atoms with van der Waals surface area (Å²) in [4.78, 5) is 12.2. The number of hydrogen-bond donors (Lipinski definition) is 2. The molecule has 0 saturated carbocycles. The van der Waals surface area contributed by atoms with Crippen molar-refractivity contribution in [2.45, 2.75) is 60.0 Å². The molecule has 2 unspecified atom stereocenters. The molecule has 0 radical (unpaired) electrons. The lowest BCUT2D eigenvalue weighted by atomic mass is 9.96. The first-order chi connectivity index (χ1) is 10.3.